The van der Waals surface area contributed by atoms with Crippen LogP contribution < -0.4 is 5.73 Å². The minimum Gasteiger partial charge on any atom is -0.370 e. The molecule has 0 heterocycles. The third-order valence-corrected chi connectivity index (χ3v) is 3.63. The first-order chi connectivity index (χ1) is 8.58. The lowest BCUT2D eigenvalue weighted by molar-refractivity contribution is 0.486. The third-order valence-electron chi connectivity index (χ3n) is 3.63. The Morgan fingerprint density at radius 2 is 2.00 bits per heavy atom. The van der Waals surface area contributed by atoms with E-state index in [9.17, 15) is 0 Å². The zero-order chi connectivity index (χ0) is 13.1. The van der Waals surface area contributed by atoms with E-state index in [0.29, 0.717) is 17.9 Å². The van der Waals surface area contributed by atoms with Gasteiger partial charge in [-0.2, -0.15) is 0 Å². The Morgan fingerprint density at radius 3 is 2.56 bits per heavy atom. The number of aliphatic imine (C=N–C) groups is 1. The van der Waals surface area contributed by atoms with E-state index in [-0.39, 0.29) is 0 Å². The molecule has 0 saturated heterocycles. The van der Waals surface area contributed by atoms with Crippen LogP contribution in [0.25, 0.3) is 0 Å². The van der Waals surface area contributed by atoms with E-state index in [2.05, 4.69) is 48.0 Å². The fraction of sp³-hybridized carbons (Fsp3) is 0.533. The fourth-order valence-corrected chi connectivity index (χ4v) is 1.99. The normalized spacial score (nSPS) is 17.6. The first-order valence-corrected chi connectivity index (χ1v) is 6.67. The van der Waals surface area contributed by atoms with Crippen LogP contribution >= 0.6 is 0 Å². The molecule has 1 atom stereocenters. The molecule has 0 radical (unpaired) electrons. The standard InChI is InChI=1S/C15H23N3/c1-11-4-6-13(7-5-11)12(2)10-17-15(16)18(3)14-8-9-14/h4-7,12,14H,8-10H2,1-3H3,(H2,16,17). The number of guanidine groups is 1. The topological polar surface area (TPSA) is 41.6 Å². The lowest BCUT2D eigenvalue weighted by Crippen LogP contribution is -2.36. The SMILES string of the molecule is Cc1ccc(C(C)CN=C(N)N(C)C2CC2)cc1. The van der Waals surface area contributed by atoms with E-state index in [1.54, 1.807) is 0 Å². The summed E-state index contributed by atoms with van der Waals surface area (Å²) in [6.07, 6.45) is 2.50. The van der Waals surface area contributed by atoms with Gasteiger partial charge >= 0.3 is 0 Å². The lowest BCUT2D eigenvalue weighted by atomic mass is 10.0. The second kappa shape index (κ2) is 5.42. The quantitative estimate of drug-likeness (QED) is 0.654. The average molecular weight is 245 g/mol. The van der Waals surface area contributed by atoms with E-state index < -0.39 is 0 Å². The Kier molecular flexibility index (Phi) is 3.90. The third kappa shape index (κ3) is 3.25. The molecule has 2 rings (SSSR count). The molecule has 3 heteroatoms. The van der Waals surface area contributed by atoms with Crippen LogP contribution in [0.5, 0.6) is 0 Å². The van der Waals surface area contributed by atoms with Gasteiger partial charge in [0.25, 0.3) is 0 Å². The summed E-state index contributed by atoms with van der Waals surface area (Å²) >= 11 is 0. The molecule has 1 saturated carbocycles. The predicted octanol–water partition coefficient (Wildman–Crippen LogP) is 2.51. The van der Waals surface area contributed by atoms with Crippen LogP contribution in [-0.4, -0.2) is 30.5 Å². The van der Waals surface area contributed by atoms with Gasteiger partial charge in [0, 0.05) is 25.6 Å². The van der Waals surface area contributed by atoms with Crippen LogP contribution in [0.1, 0.15) is 36.8 Å². The fourth-order valence-electron chi connectivity index (χ4n) is 1.99. The van der Waals surface area contributed by atoms with Gasteiger partial charge in [-0.1, -0.05) is 36.8 Å². The maximum absolute atomic E-state index is 5.98. The van der Waals surface area contributed by atoms with Crippen molar-refractivity contribution in [3.63, 3.8) is 0 Å². The van der Waals surface area contributed by atoms with Gasteiger partial charge in [0.05, 0.1) is 0 Å². The summed E-state index contributed by atoms with van der Waals surface area (Å²) in [6.45, 7) is 5.06. The van der Waals surface area contributed by atoms with Gasteiger partial charge in [-0.05, 0) is 25.3 Å². The molecule has 0 spiro atoms. The Bertz CT molecular complexity index is 418. The van der Waals surface area contributed by atoms with Crippen LogP contribution in [0, 0.1) is 6.92 Å². The van der Waals surface area contributed by atoms with E-state index in [1.165, 1.54) is 24.0 Å². The van der Waals surface area contributed by atoms with Gasteiger partial charge in [-0.15, -0.1) is 0 Å². The Labute approximate surface area is 110 Å². The number of hydrogen-bond donors (Lipinski definition) is 1. The molecule has 1 aliphatic rings. The van der Waals surface area contributed by atoms with Crippen molar-refractivity contribution in [3.05, 3.63) is 35.4 Å². The molecule has 0 aromatic heterocycles. The van der Waals surface area contributed by atoms with Crippen LogP contribution in [0.15, 0.2) is 29.3 Å². The molecule has 18 heavy (non-hydrogen) atoms. The van der Waals surface area contributed by atoms with Gasteiger partial charge in [0.15, 0.2) is 5.96 Å². The van der Waals surface area contributed by atoms with Gasteiger partial charge < -0.3 is 10.6 Å². The Morgan fingerprint density at radius 1 is 1.39 bits per heavy atom. The summed E-state index contributed by atoms with van der Waals surface area (Å²) in [5, 5.41) is 0. The monoisotopic (exact) mass is 245 g/mol. The molecule has 2 N–H and O–H groups in total. The van der Waals surface area contributed by atoms with Crippen molar-refractivity contribution in [2.45, 2.75) is 38.6 Å². The van der Waals surface area contributed by atoms with Crippen molar-refractivity contribution in [1.82, 2.24) is 4.90 Å². The number of benzene rings is 1. The van der Waals surface area contributed by atoms with E-state index in [1.807, 2.05) is 7.05 Å². The number of nitrogens with two attached hydrogens (primary N) is 1. The summed E-state index contributed by atoms with van der Waals surface area (Å²) < 4.78 is 0. The molecule has 3 nitrogen and oxygen atoms in total. The molecule has 0 amide bonds. The molecule has 0 bridgehead atoms. The molecular weight excluding hydrogens is 222 g/mol. The molecule has 1 fully saturated rings. The number of aryl methyl sites for hydroxylation is 1. The van der Waals surface area contributed by atoms with E-state index in [4.69, 9.17) is 5.73 Å². The van der Waals surface area contributed by atoms with Crippen LogP contribution in [-0.2, 0) is 0 Å². The lowest BCUT2D eigenvalue weighted by Gasteiger charge is -2.18. The smallest absolute Gasteiger partial charge is 0.191 e. The summed E-state index contributed by atoms with van der Waals surface area (Å²) in [7, 11) is 2.03. The van der Waals surface area contributed by atoms with Crippen LogP contribution in [0.4, 0.5) is 0 Å². The first kappa shape index (κ1) is 12.9. The van der Waals surface area contributed by atoms with Crippen molar-refractivity contribution >= 4 is 5.96 Å². The summed E-state index contributed by atoms with van der Waals surface area (Å²) in [5.74, 6) is 1.09. The number of rotatable bonds is 4. The molecule has 1 unspecified atom stereocenters. The molecule has 1 aliphatic carbocycles. The zero-order valence-electron chi connectivity index (χ0n) is 11.6. The van der Waals surface area contributed by atoms with Gasteiger partial charge in [-0.3, -0.25) is 4.99 Å². The van der Waals surface area contributed by atoms with Crippen LogP contribution in [0.3, 0.4) is 0 Å². The van der Waals surface area contributed by atoms with E-state index in [0.717, 1.165) is 6.54 Å². The molecule has 0 aliphatic heterocycles. The van der Waals surface area contributed by atoms with Crippen molar-refractivity contribution in [2.75, 3.05) is 13.6 Å². The maximum Gasteiger partial charge on any atom is 0.191 e. The molecule has 1 aromatic carbocycles. The predicted molar refractivity (Wildman–Crippen MR) is 76.9 cm³/mol. The highest BCUT2D eigenvalue weighted by Crippen LogP contribution is 2.25. The summed E-state index contributed by atoms with van der Waals surface area (Å²) in [6, 6.07) is 9.28. The van der Waals surface area contributed by atoms with Crippen molar-refractivity contribution in [2.24, 2.45) is 10.7 Å². The first-order valence-electron chi connectivity index (χ1n) is 6.67. The highest BCUT2D eigenvalue weighted by atomic mass is 15.3. The van der Waals surface area contributed by atoms with E-state index >= 15 is 0 Å². The molecular formula is C15H23N3. The average Bonchev–Trinajstić information content (AvgIpc) is 3.19. The van der Waals surface area contributed by atoms with Crippen molar-refractivity contribution in [3.8, 4) is 0 Å². The molecule has 1 aromatic rings. The highest BCUT2D eigenvalue weighted by Gasteiger charge is 2.27. The van der Waals surface area contributed by atoms with Gasteiger partial charge in [-0.25, -0.2) is 0 Å². The van der Waals surface area contributed by atoms with Crippen molar-refractivity contribution in [1.29, 1.82) is 0 Å². The number of hydrogen-bond acceptors (Lipinski definition) is 1. The number of nitrogens with zero attached hydrogens (tertiary/aromatic N) is 2. The highest BCUT2D eigenvalue weighted by molar-refractivity contribution is 5.78. The minimum absolute atomic E-state index is 0.414. The second-order valence-corrected chi connectivity index (χ2v) is 5.35. The summed E-state index contributed by atoms with van der Waals surface area (Å²) in [4.78, 5) is 6.60. The second-order valence-electron chi connectivity index (χ2n) is 5.35. The molecule has 98 valence electrons. The maximum atomic E-state index is 5.98. The largest absolute Gasteiger partial charge is 0.370 e. The Hall–Kier alpha value is -1.51. The Balaban J connectivity index is 1.92. The zero-order valence-corrected chi connectivity index (χ0v) is 11.6. The van der Waals surface area contributed by atoms with Crippen LogP contribution in [0.2, 0.25) is 0 Å². The van der Waals surface area contributed by atoms with Crippen molar-refractivity contribution < 1.29 is 0 Å². The van der Waals surface area contributed by atoms with Gasteiger partial charge in [0.1, 0.15) is 0 Å². The summed E-state index contributed by atoms with van der Waals surface area (Å²) in [5.41, 5.74) is 8.60. The minimum atomic E-state index is 0.414. The van der Waals surface area contributed by atoms with Gasteiger partial charge in [0.2, 0.25) is 0 Å².